The van der Waals surface area contributed by atoms with Crippen LogP contribution in [0.4, 0.5) is 0 Å². The zero-order valence-electron chi connectivity index (χ0n) is 14.8. The summed E-state index contributed by atoms with van der Waals surface area (Å²) in [5.74, 6) is -0.268. The van der Waals surface area contributed by atoms with Gasteiger partial charge in [0.1, 0.15) is 5.75 Å². The van der Waals surface area contributed by atoms with E-state index in [1.165, 1.54) is 0 Å². The first-order valence-electron chi connectivity index (χ1n) is 8.45. The van der Waals surface area contributed by atoms with Gasteiger partial charge in [0, 0.05) is 5.02 Å². The fourth-order valence-corrected chi connectivity index (χ4v) is 2.61. The van der Waals surface area contributed by atoms with Crippen LogP contribution in [-0.4, -0.2) is 25.1 Å². The summed E-state index contributed by atoms with van der Waals surface area (Å²) in [5, 5.41) is 3.33. The molecule has 0 unspecified atom stereocenters. The van der Waals surface area contributed by atoms with Crippen molar-refractivity contribution in [3.05, 3.63) is 64.7 Å². The second-order valence-electron chi connectivity index (χ2n) is 5.76. The molecule has 0 radical (unpaired) electrons. The molecule has 0 saturated carbocycles. The molecule has 0 fully saturated rings. The van der Waals surface area contributed by atoms with Crippen molar-refractivity contribution in [1.82, 2.24) is 5.32 Å². The van der Waals surface area contributed by atoms with E-state index < -0.39 is 11.9 Å². The molecule has 1 amide bonds. The molecular weight excluding hydrogens is 354 g/mol. The van der Waals surface area contributed by atoms with Gasteiger partial charge in [-0.25, -0.2) is 4.79 Å². The Balaban J connectivity index is 1.83. The van der Waals surface area contributed by atoms with Crippen LogP contribution in [-0.2, 0) is 9.53 Å². The van der Waals surface area contributed by atoms with Gasteiger partial charge in [-0.1, -0.05) is 36.7 Å². The van der Waals surface area contributed by atoms with Crippen molar-refractivity contribution >= 4 is 23.5 Å². The van der Waals surface area contributed by atoms with Crippen molar-refractivity contribution in [2.75, 3.05) is 13.2 Å². The Kier molecular flexibility index (Phi) is 7.48. The molecule has 0 aromatic heterocycles. The summed E-state index contributed by atoms with van der Waals surface area (Å²) in [6.45, 7) is 4.09. The first-order chi connectivity index (χ1) is 12.5. The van der Waals surface area contributed by atoms with Gasteiger partial charge in [0.25, 0.3) is 5.91 Å². The Hall–Kier alpha value is -2.53. The van der Waals surface area contributed by atoms with Crippen LogP contribution in [0.5, 0.6) is 5.75 Å². The summed E-state index contributed by atoms with van der Waals surface area (Å²) in [4.78, 5) is 24.0. The van der Waals surface area contributed by atoms with E-state index in [-0.39, 0.29) is 12.6 Å². The number of esters is 1. The van der Waals surface area contributed by atoms with Gasteiger partial charge < -0.3 is 14.8 Å². The van der Waals surface area contributed by atoms with Crippen LogP contribution in [0.15, 0.2) is 48.5 Å². The normalized spacial score (nSPS) is 11.5. The molecule has 138 valence electrons. The molecule has 2 rings (SSSR count). The van der Waals surface area contributed by atoms with Crippen molar-refractivity contribution in [2.45, 2.75) is 26.3 Å². The average Bonchev–Trinajstić information content (AvgIpc) is 2.65. The van der Waals surface area contributed by atoms with Crippen LogP contribution in [0.25, 0.3) is 0 Å². The van der Waals surface area contributed by atoms with Crippen molar-refractivity contribution in [1.29, 1.82) is 0 Å². The molecule has 0 aliphatic rings. The number of hydrogen-bond donors (Lipinski definition) is 1. The molecule has 0 bridgehead atoms. The summed E-state index contributed by atoms with van der Waals surface area (Å²) < 4.78 is 10.5. The number of nitrogens with one attached hydrogen (secondary N) is 1. The van der Waals surface area contributed by atoms with Crippen LogP contribution in [0, 0.1) is 0 Å². The molecule has 0 aliphatic carbocycles. The number of rotatable bonds is 8. The Labute approximate surface area is 158 Å². The fraction of sp³-hybridized carbons (Fsp3) is 0.300. The smallest absolute Gasteiger partial charge is 0.338 e. The van der Waals surface area contributed by atoms with Crippen LogP contribution in [0.2, 0.25) is 5.02 Å². The number of carbonyl (C=O) groups is 2. The molecule has 26 heavy (non-hydrogen) atoms. The minimum absolute atomic E-state index is 0.287. The summed E-state index contributed by atoms with van der Waals surface area (Å²) in [6, 6.07) is 13.6. The summed E-state index contributed by atoms with van der Waals surface area (Å²) >= 11 is 6.11. The van der Waals surface area contributed by atoms with Gasteiger partial charge in [-0.2, -0.15) is 0 Å². The second kappa shape index (κ2) is 9.82. The second-order valence-corrected chi connectivity index (χ2v) is 6.17. The molecule has 0 spiro atoms. The van der Waals surface area contributed by atoms with Crippen LogP contribution in [0.1, 0.15) is 42.2 Å². The van der Waals surface area contributed by atoms with E-state index in [9.17, 15) is 9.59 Å². The van der Waals surface area contributed by atoms with Gasteiger partial charge in [-0.3, -0.25) is 4.79 Å². The predicted octanol–water partition coefficient (Wildman–Crippen LogP) is 4.16. The van der Waals surface area contributed by atoms with Crippen LogP contribution in [0.3, 0.4) is 0 Å². The lowest BCUT2D eigenvalue weighted by molar-refractivity contribution is -0.124. The lowest BCUT2D eigenvalue weighted by Gasteiger charge is -2.15. The highest BCUT2D eigenvalue weighted by atomic mass is 35.5. The first kappa shape index (κ1) is 19.8. The van der Waals surface area contributed by atoms with Gasteiger partial charge in [-0.05, 0) is 49.2 Å². The zero-order chi connectivity index (χ0) is 18.9. The monoisotopic (exact) mass is 375 g/mol. The number of carbonyl (C=O) groups excluding carboxylic acids is 2. The summed E-state index contributed by atoms with van der Waals surface area (Å²) in [5.41, 5.74) is 1.16. The maximum absolute atomic E-state index is 12.0. The number of amides is 1. The molecule has 1 atom stereocenters. The highest BCUT2D eigenvalue weighted by molar-refractivity contribution is 6.31. The highest BCUT2D eigenvalue weighted by Gasteiger charge is 2.14. The van der Waals surface area contributed by atoms with E-state index in [2.05, 4.69) is 5.32 Å². The van der Waals surface area contributed by atoms with E-state index in [4.69, 9.17) is 21.1 Å². The van der Waals surface area contributed by atoms with Crippen molar-refractivity contribution < 1.29 is 19.1 Å². The summed E-state index contributed by atoms with van der Waals surface area (Å²) in [6.07, 6.45) is 0.908. The average molecular weight is 376 g/mol. The Morgan fingerprint density at radius 2 is 1.81 bits per heavy atom. The van der Waals surface area contributed by atoms with Crippen LogP contribution >= 0.6 is 11.6 Å². The molecule has 0 saturated heterocycles. The molecule has 5 nitrogen and oxygen atoms in total. The zero-order valence-corrected chi connectivity index (χ0v) is 15.6. The molecule has 0 heterocycles. The minimum Gasteiger partial charge on any atom is -0.494 e. The minimum atomic E-state index is -0.562. The molecule has 0 aliphatic heterocycles. The predicted molar refractivity (Wildman–Crippen MR) is 101 cm³/mol. The molecule has 2 aromatic carbocycles. The topological polar surface area (TPSA) is 64.6 Å². The Morgan fingerprint density at radius 1 is 1.12 bits per heavy atom. The molecule has 1 N–H and O–H groups in total. The largest absolute Gasteiger partial charge is 0.494 e. The van der Waals surface area contributed by atoms with E-state index in [0.29, 0.717) is 22.9 Å². The van der Waals surface area contributed by atoms with Gasteiger partial charge in [-0.15, -0.1) is 0 Å². The van der Waals surface area contributed by atoms with E-state index in [0.717, 1.165) is 12.0 Å². The molecule has 2 aromatic rings. The quantitative estimate of drug-likeness (QED) is 0.703. The third-order valence-electron chi connectivity index (χ3n) is 3.65. The van der Waals surface area contributed by atoms with E-state index in [1.807, 2.05) is 32.0 Å². The van der Waals surface area contributed by atoms with Gasteiger partial charge in [0.05, 0.1) is 18.2 Å². The number of hydrogen-bond acceptors (Lipinski definition) is 4. The van der Waals surface area contributed by atoms with Crippen molar-refractivity contribution in [2.24, 2.45) is 0 Å². The van der Waals surface area contributed by atoms with Crippen molar-refractivity contribution in [3.63, 3.8) is 0 Å². The van der Waals surface area contributed by atoms with Crippen LogP contribution < -0.4 is 10.1 Å². The third-order valence-corrected chi connectivity index (χ3v) is 3.99. The number of benzene rings is 2. The number of ether oxygens (including phenoxy) is 2. The number of halogens is 1. The van der Waals surface area contributed by atoms with Gasteiger partial charge in [0.2, 0.25) is 0 Å². The van der Waals surface area contributed by atoms with E-state index >= 15 is 0 Å². The maximum atomic E-state index is 12.0. The SMILES string of the molecule is CCCOc1ccc(C(=O)OCC(=O)N[C@H](C)c2ccccc2Cl)cc1. The molecule has 6 heteroatoms. The van der Waals surface area contributed by atoms with Gasteiger partial charge >= 0.3 is 5.97 Å². The van der Waals surface area contributed by atoms with E-state index in [1.54, 1.807) is 30.3 Å². The first-order valence-corrected chi connectivity index (χ1v) is 8.82. The Morgan fingerprint density at radius 3 is 2.46 bits per heavy atom. The van der Waals surface area contributed by atoms with Crippen molar-refractivity contribution in [3.8, 4) is 5.75 Å². The lowest BCUT2D eigenvalue weighted by atomic mass is 10.1. The maximum Gasteiger partial charge on any atom is 0.338 e. The van der Waals surface area contributed by atoms with Gasteiger partial charge in [0.15, 0.2) is 6.61 Å². The summed E-state index contributed by atoms with van der Waals surface area (Å²) in [7, 11) is 0. The lowest BCUT2D eigenvalue weighted by Crippen LogP contribution is -2.31. The molecular formula is C20H22ClNO4. The Bertz CT molecular complexity index is 746. The third kappa shape index (κ3) is 5.77. The highest BCUT2D eigenvalue weighted by Crippen LogP contribution is 2.22. The fourth-order valence-electron chi connectivity index (χ4n) is 2.31. The standard InChI is InChI=1S/C20H22ClNO4/c1-3-12-25-16-10-8-15(9-11-16)20(24)26-13-19(23)22-14(2)17-6-4-5-7-18(17)21/h4-11,14H,3,12-13H2,1-2H3,(H,22,23)/t14-/m1/s1.